The highest BCUT2D eigenvalue weighted by Gasteiger charge is 2.33. The van der Waals surface area contributed by atoms with Crippen molar-refractivity contribution in [2.24, 2.45) is 4.99 Å². The molecule has 1 atom stereocenters. The van der Waals surface area contributed by atoms with Crippen LogP contribution in [0, 0.1) is 0 Å². The topological polar surface area (TPSA) is 24.8 Å². The number of nitrogens with zero attached hydrogens (tertiary/aromatic N) is 2. The van der Waals surface area contributed by atoms with Crippen LogP contribution in [0.2, 0.25) is 5.02 Å². The maximum atomic E-state index is 6.16. The molecule has 0 amide bonds. The van der Waals surface area contributed by atoms with E-state index in [1.54, 1.807) is 7.11 Å². The monoisotopic (exact) mass is 356 g/mol. The van der Waals surface area contributed by atoms with Crippen molar-refractivity contribution >= 4 is 29.2 Å². The quantitative estimate of drug-likeness (QED) is 0.647. The molecule has 0 unspecified atom stereocenters. The van der Waals surface area contributed by atoms with Gasteiger partial charge in [0.2, 0.25) is 0 Å². The Balaban J connectivity index is 1.88. The molecule has 1 aliphatic rings. The summed E-state index contributed by atoms with van der Waals surface area (Å²) in [6.45, 7) is 6.90. The Kier molecular flexibility index (Phi) is 4.79. The lowest BCUT2D eigenvalue weighted by molar-refractivity contribution is 0.395. The van der Waals surface area contributed by atoms with Gasteiger partial charge in [-0.15, -0.1) is 0 Å². The Morgan fingerprint density at radius 1 is 1.24 bits per heavy atom. The molecule has 1 aliphatic heterocycles. The number of aliphatic imine (C=N–C) groups is 1. The highest BCUT2D eigenvalue weighted by atomic mass is 35.5. The Morgan fingerprint density at radius 2 is 2.00 bits per heavy atom. The number of hydrogen-bond donors (Lipinski definition) is 0. The summed E-state index contributed by atoms with van der Waals surface area (Å²) < 4.78 is 5.18. The first-order chi connectivity index (χ1) is 11.8. The molecule has 0 saturated carbocycles. The van der Waals surface area contributed by atoms with Gasteiger partial charge in [-0.1, -0.05) is 24.6 Å². The van der Waals surface area contributed by atoms with Gasteiger partial charge in [0.05, 0.1) is 17.8 Å². The van der Waals surface area contributed by atoms with Crippen molar-refractivity contribution in [3.8, 4) is 5.75 Å². The zero-order valence-electron chi connectivity index (χ0n) is 15.5. The van der Waals surface area contributed by atoms with Crippen LogP contribution in [0.4, 0.5) is 11.4 Å². The molecule has 25 heavy (non-hydrogen) atoms. The van der Waals surface area contributed by atoms with Crippen molar-refractivity contribution in [3.63, 3.8) is 0 Å². The van der Waals surface area contributed by atoms with Crippen LogP contribution in [-0.2, 0) is 0 Å². The summed E-state index contributed by atoms with van der Waals surface area (Å²) in [7, 11) is 3.79. The lowest BCUT2D eigenvalue weighted by atomic mass is 9.80. The van der Waals surface area contributed by atoms with E-state index in [2.05, 4.69) is 55.9 Å². The summed E-state index contributed by atoms with van der Waals surface area (Å²) in [6.07, 6.45) is 3.04. The van der Waals surface area contributed by atoms with E-state index in [1.165, 1.54) is 11.3 Å². The summed E-state index contributed by atoms with van der Waals surface area (Å²) in [4.78, 5) is 6.94. The van der Waals surface area contributed by atoms with Gasteiger partial charge in [-0.25, -0.2) is 0 Å². The van der Waals surface area contributed by atoms with Gasteiger partial charge in [0.25, 0.3) is 0 Å². The van der Waals surface area contributed by atoms with Crippen LogP contribution in [0.1, 0.15) is 44.2 Å². The van der Waals surface area contributed by atoms with Crippen LogP contribution >= 0.6 is 11.6 Å². The van der Waals surface area contributed by atoms with Crippen LogP contribution in [0.15, 0.2) is 41.4 Å². The maximum Gasteiger partial charge on any atom is 0.137 e. The van der Waals surface area contributed by atoms with Crippen molar-refractivity contribution in [1.82, 2.24) is 0 Å². The van der Waals surface area contributed by atoms with E-state index in [1.807, 2.05) is 24.4 Å². The molecule has 132 valence electrons. The molecule has 0 radical (unpaired) electrons. The van der Waals surface area contributed by atoms with Crippen LogP contribution in [-0.4, -0.2) is 25.9 Å². The van der Waals surface area contributed by atoms with Crippen molar-refractivity contribution in [2.75, 3.05) is 19.1 Å². The van der Waals surface area contributed by atoms with Crippen molar-refractivity contribution in [3.05, 3.63) is 52.5 Å². The normalized spacial score (nSPS) is 19.1. The highest BCUT2D eigenvalue weighted by Crippen LogP contribution is 2.42. The minimum absolute atomic E-state index is 0.182. The number of hydrogen-bond acceptors (Lipinski definition) is 3. The fraction of sp³-hybridized carbons (Fsp3) is 0.381. The molecule has 1 heterocycles. The van der Waals surface area contributed by atoms with E-state index in [-0.39, 0.29) is 5.54 Å². The third kappa shape index (κ3) is 3.52. The van der Waals surface area contributed by atoms with Gasteiger partial charge in [0.15, 0.2) is 0 Å². The molecule has 4 heteroatoms. The average molecular weight is 357 g/mol. The number of fused-ring (bicyclic) bond motifs is 1. The van der Waals surface area contributed by atoms with Gasteiger partial charge < -0.3 is 9.64 Å². The lowest BCUT2D eigenvalue weighted by Gasteiger charge is -2.45. The second kappa shape index (κ2) is 6.72. The fourth-order valence-corrected chi connectivity index (χ4v) is 3.81. The third-order valence-corrected chi connectivity index (χ3v) is 5.45. The molecule has 0 aliphatic carbocycles. The summed E-state index contributed by atoms with van der Waals surface area (Å²) in [6, 6.07) is 12.1. The van der Waals surface area contributed by atoms with Crippen molar-refractivity contribution < 1.29 is 4.74 Å². The molecule has 2 aromatic rings. The summed E-state index contributed by atoms with van der Waals surface area (Å²) in [5, 5.41) is 0.570. The molecule has 3 nitrogen and oxygen atoms in total. The van der Waals surface area contributed by atoms with E-state index >= 15 is 0 Å². The first-order valence-corrected chi connectivity index (χ1v) is 8.95. The number of methoxy groups -OCH3 is 1. The molecular weight excluding hydrogens is 332 g/mol. The van der Waals surface area contributed by atoms with Crippen LogP contribution in [0.5, 0.6) is 5.75 Å². The average Bonchev–Trinajstić information content (AvgIpc) is 2.58. The van der Waals surface area contributed by atoms with Crippen molar-refractivity contribution in [1.29, 1.82) is 0 Å². The number of anilines is 1. The Hall–Kier alpha value is -2.00. The van der Waals surface area contributed by atoms with Gasteiger partial charge in [-0.05, 0) is 67.6 Å². The number of halogens is 1. The van der Waals surface area contributed by atoms with Crippen LogP contribution in [0.25, 0.3) is 0 Å². The van der Waals surface area contributed by atoms with E-state index < -0.39 is 0 Å². The third-order valence-electron chi connectivity index (χ3n) is 5.16. The van der Waals surface area contributed by atoms with Gasteiger partial charge in [-0.2, -0.15) is 0 Å². The maximum absolute atomic E-state index is 6.16. The first-order valence-electron chi connectivity index (χ1n) is 8.57. The standard InChI is InChI=1S/C21H25ClN2O/c1-14-12-21(2,3)24(4)19-8-6-15(10-17(14)19)13-23-16-7-9-20(25-5)18(22)11-16/h6-11,13-14H,12H2,1-5H3/t14-/m1/s1. The Morgan fingerprint density at radius 3 is 2.68 bits per heavy atom. The van der Waals surface area contributed by atoms with Gasteiger partial charge in [0.1, 0.15) is 5.75 Å². The number of rotatable bonds is 3. The summed E-state index contributed by atoms with van der Waals surface area (Å²) in [5.41, 5.74) is 4.80. The van der Waals surface area contributed by atoms with Gasteiger partial charge in [0, 0.05) is 24.5 Å². The molecule has 0 fully saturated rings. The zero-order chi connectivity index (χ0) is 18.2. The van der Waals surface area contributed by atoms with Crippen molar-refractivity contribution in [2.45, 2.75) is 38.6 Å². The fourth-order valence-electron chi connectivity index (χ4n) is 3.56. The Bertz CT molecular complexity index is 814. The van der Waals surface area contributed by atoms with Crippen LogP contribution < -0.4 is 9.64 Å². The molecule has 3 rings (SSSR count). The predicted molar refractivity (Wildman–Crippen MR) is 107 cm³/mol. The first kappa shape index (κ1) is 17.8. The molecule has 0 N–H and O–H groups in total. The molecule has 0 saturated heterocycles. The number of ether oxygens (including phenoxy) is 1. The van der Waals surface area contributed by atoms with E-state index in [0.29, 0.717) is 16.7 Å². The SMILES string of the molecule is COc1ccc(N=Cc2ccc3c(c2)[C@H](C)CC(C)(C)N3C)cc1Cl. The minimum atomic E-state index is 0.182. The van der Waals surface area contributed by atoms with E-state index in [9.17, 15) is 0 Å². The van der Waals surface area contributed by atoms with Gasteiger partial charge >= 0.3 is 0 Å². The second-order valence-corrected chi connectivity index (χ2v) is 7.78. The number of benzene rings is 2. The largest absolute Gasteiger partial charge is 0.495 e. The molecular formula is C21H25ClN2O. The Labute approximate surface area is 155 Å². The lowest BCUT2D eigenvalue weighted by Crippen LogP contribution is -2.45. The molecule has 0 bridgehead atoms. The summed E-state index contributed by atoms with van der Waals surface area (Å²) >= 11 is 6.16. The van der Waals surface area contributed by atoms with Crippen LogP contribution in [0.3, 0.4) is 0 Å². The second-order valence-electron chi connectivity index (χ2n) is 7.37. The molecule has 0 aromatic heterocycles. The smallest absolute Gasteiger partial charge is 0.137 e. The van der Waals surface area contributed by atoms with E-state index in [0.717, 1.165) is 17.7 Å². The zero-order valence-corrected chi connectivity index (χ0v) is 16.3. The minimum Gasteiger partial charge on any atom is -0.495 e. The molecule has 0 spiro atoms. The van der Waals surface area contributed by atoms with Gasteiger partial charge in [-0.3, -0.25) is 4.99 Å². The molecule has 2 aromatic carbocycles. The summed E-state index contributed by atoms with van der Waals surface area (Å²) in [5.74, 6) is 1.19. The highest BCUT2D eigenvalue weighted by molar-refractivity contribution is 6.32. The predicted octanol–water partition coefficient (Wildman–Crippen LogP) is 5.82. The van der Waals surface area contributed by atoms with E-state index in [4.69, 9.17) is 16.3 Å².